The zero-order valence-corrected chi connectivity index (χ0v) is 15.5. The van der Waals surface area contributed by atoms with Crippen LogP contribution in [0.5, 0.6) is 0 Å². The van der Waals surface area contributed by atoms with Crippen molar-refractivity contribution >= 4 is 61.5 Å². The number of aryl methyl sites for hydroxylation is 1. The highest BCUT2D eigenvalue weighted by molar-refractivity contribution is 14.1. The predicted octanol–water partition coefficient (Wildman–Crippen LogP) is 4.85. The second kappa shape index (κ2) is 7.38. The van der Waals surface area contributed by atoms with Gasteiger partial charge in [0.25, 0.3) is 0 Å². The van der Waals surface area contributed by atoms with Gasteiger partial charge in [0, 0.05) is 20.3 Å². The topological polar surface area (TPSA) is 24.1 Å². The van der Waals surface area contributed by atoms with Crippen LogP contribution in [-0.2, 0) is 6.54 Å². The van der Waals surface area contributed by atoms with Gasteiger partial charge in [-0.2, -0.15) is 0 Å². The van der Waals surface area contributed by atoms with E-state index in [1.54, 1.807) is 0 Å². The van der Waals surface area contributed by atoms with Crippen molar-refractivity contribution in [3.63, 3.8) is 0 Å². The number of benzene rings is 2. The van der Waals surface area contributed by atoms with Crippen LogP contribution >= 0.6 is 50.7 Å². The number of hydrogen-bond donors (Lipinski definition) is 2. The van der Waals surface area contributed by atoms with Gasteiger partial charge in [-0.05, 0) is 83.2 Å². The van der Waals surface area contributed by atoms with E-state index in [9.17, 15) is 0 Å². The maximum Gasteiger partial charge on any atom is 0.171 e. The van der Waals surface area contributed by atoms with Crippen LogP contribution in [0.15, 0.2) is 46.9 Å². The lowest BCUT2D eigenvalue weighted by Crippen LogP contribution is -2.27. The summed E-state index contributed by atoms with van der Waals surface area (Å²) in [5.74, 6) is 0. The average molecular weight is 461 g/mol. The molecule has 5 heteroatoms. The molecule has 20 heavy (non-hydrogen) atoms. The lowest BCUT2D eigenvalue weighted by molar-refractivity contribution is 0.925. The number of halogens is 2. The molecule has 2 aromatic rings. The molecule has 0 heterocycles. The quantitative estimate of drug-likeness (QED) is 0.505. The van der Waals surface area contributed by atoms with Crippen molar-refractivity contribution in [2.45, 2.75) is 13.5 Å². The van der Waals surface area contributed by atoms with Crippen molar-refractivity contribution in [3.8, 4) is 0 Å². The van der Waals surface area contributed by atoms with E-state index in [1.165, 1.54) is 14.7 Å². The first-order valence-corrected chi connectivity index (χ1v) is 8.38. The first kappa shape index (κ1) is 15.7. The highest BCUT2D eigenvalue weighted by Crippen LogP contribution is 2.19. The minimum absolute atomic E-state index is 0.630. The molecule has 0 aliphatic rings. The SMILES string of the molecule is Cc1cc(NC(=S)NCc2cccc(I)c2)ccc1Br. The molecule has 0 amide bonds. The average Bonchev–Trinajstić information content (AvgIpc) is 2.41. The van der Waals surface area contributed by atoms with Gasteiger partial charge < -0.3 is 10.6 Å². The fourth-order valence-electron chi connectivity index (χ4n) is 1.73. The van der Waals surface area contributed by atoms with E-state index in [-0.39, 0.29) is 0 Å². The molecule has 2 rings (SSSR count). The third-order valence-corrected chi connectivity index (χ3v) is 4.57. The Morgan fingerprint density at radius 1 is 1.25 bits per heavy atom. The van der Waals surface area contributed by atoms with E-state index in [2.05, 4.69) is 80.3 Å². The Bertz CT molecular complexity index is 631. The van der Waals surface area contributed by atoms with E-state index < -0.39 is 0 Å². The Balaban J connectivity index is 1.91. The molecule has 0 aromatic heterocycles. The van der Waals surface area contributed by atoms with E-state index in [0.29, 0.717) is 5.11 Å². The van der Waals surface area contributed by atoms with Crippen molar-refractivity contribution in [1.29, 1.82) is 0 Å². The molecule has 104 valence electrons. The largest absolute Gasteiger partial charge is 0.358 e. The van der Waals surface area contributed by atoms with Crippen LogP contribution in [0.25, 0.3) is 0 Å². The molecule has 0 saturated heterocycles. The van der Waals surface area contributed by atoms with Crippen LogP contribution < -0.4 is 10.6 Å². The molecule has 0 unspecified atom stereocenters. The van der Waals surface area contributed by atoms with E-state index >= 15 is 0 Å². The summed E-state index contributed by atoms with van der Waals surface area (Å²) in [6.07, 6.45) is 0. The standard InChI is InChI=1S/C15H14BrIN2S/c1-10-7-13(5-6-14(10)16)19-15(20)18-9-11-3-2-4-12(17)8-11/h2-8H,9H2,1H3,(H2,18,19,20). The number of nitrogens with one attached hydrogen (secondary N) is 2. The lowest BCUT2D eigenvalue weighted by Gasteiger charge is -2.11. The van der Waals surface area contributed by atoms with E-state index in [4.69, 9.17) is 12.2 Å². The zero-order valence-electron chi connectivity index (χ0n) is 10.9. The molecule has 2 aromatic carbocycles. The maximum atomic E-state index is 5.31. The van der Waals surface area contributed by atoms with Crippen LogP contribution in [-0.4, -0.2) is 5.11 Å². The van der Waals surface area contributed by atoms with Gasteiger partial charge in [0.15, 0.2) is 5.11 Å². The monoisotopic (exact) mass is 460 g/mol. The normalized spacial score (nSPS) is 10.2. The summed E-state index contributed by atoms with van der Waals surface area (Å²) in [4.78, 5) is 0. The van der Waals surface area contributed by atoms with Crippen molar-refractivity contribution in [3.05, 3.63) is 61.6 Å². The van der Waals surface area contributed by atoms with E-state index in [0.717, 1.165) is 16.7 Å². The molecular formula is C15H14BrIN2S. The molecular weight excluding hydrogens is 447 g/mol. The second-order valence-electron chi connectivity index (χ2n) is 4.40. The van der Waals surface area contributed by atoms with Gasteiger partial charge in [0.05, 0.1) is 0 Å². The van der Waals surface area contributed by atoms with Crippen LogP contribution in [0.2, 0.25) is 0 Å². The molecule has 0 spiro atoms. The van der Waals surface area contributed by atoms with Crippen LogP contribution in [0.4, 0.5) is 5.69 Å². The number of rotatable bonds is 3. The maximum absolute atomic E-state index is 5.31. The summed E-state index contributed by atoms with van der Waals surface area (Å²) in [7, 11) is 0. The van der Waals surface area contributed by atoms with Crippen LogP contribution in [0.3, 0.4) is 0 Å². The highest BCUT2D eigenvalue weighted by Gasteiger charge is 2.01. The Morgan fingerprint density at radius 3 is 2.75 bits per heavy atom. The minimum Gasteiger partial charge on any atom is -0.358 e. The highest BCUT2D eigenvalue weighted by atomic mass is 127. The van der Waals surface area contributed by atoms with Gasteiger partial charge in [-0.25, -0.2) is 0 Å². The second-order valence-corrected chi connectivity index (χ2v) is 6.91. The Kier molecular flexibility index (Phi) is 5.80. The molecule has 0 radical (unpaired) electrons. The molecule has 0 aliphatic carbocycles. The molecule has 0 bridgehead atoms. The van der Waals surface area contributed by atoms with Crippen molar-refractivity contribution in [2.24, 2.45) is 0 Å². The molecule has 0 aliphatic heterocycles. The Morgan fingerprint density at radius 2 is 2.05 bits per heavy atom. The fourth-order valence-corrected chi connectivity index (χ4v) is 2.77. The Labute approximate surface area is 146 Å². The smallest absolute Gasteiger partial charge is 0.171 e. The van der Waals surface area contributed by atoms with Gasteiger partial charge in [-0.3, -0.25) is 0 Å². The Hall–Kier alpha value is -0.660. The van der Waals surface area contributed by atoms with Gasteiger partial charge in [0.2, 0.25) is 0 Å². The molecule has 0 atom stereocenters. The predicted molar refractivity (Wildman–Crippen MR) is 101 cm³/mol. The molecule has 2 nitrogen and oxygen atoms in total. The van der Waals surface area contributed by atoms with Crippen LogP contribution in [0, 0.1) is 10.5 Å². The zero-order chi connectivity index (χ0) is 14.5. The van der Waals surface area contributed by atoms with E-state index in [1.807, 2.05) is 18.2 Å². The summed E-state index contributed by atoms with van der Waals surface area (Å²) in [6.45, 7) is 2.77. The van der Waals surface area contributed by atoms with Gasteiger partial charge >= 0.3 is 0 Å². The summed E-state index contributed by atoms with van der Waals surface area (Å²) < 4.78 is 2.32. The fraction of sp³-hybridized carbons (Fsp3) is 0.133. The van der Waals surface area contributed by atoms with Gasteiger partial charge in [-0.1, -0.05) is 28.1 Å². The third-order valence-electron chi connectivity index (χ3n) is 2.76. The molecule has 0 saturated carbocycles. The van der Waals surface area contributed by atoms with Gasteiger partial charge in [0.1, 0.15) is 0 Å². The molecule has 2 N–H and O–H groups in total. The number of hydrogen-bond acceptors (Lipinski definition) is 1. The summed E-state index contributed by atoms with van der Waals surface area (Å²) in [6, 6.07) is 14.4. The third kappa shape index (κ3) is 4.71. The summed E-state index contributed by atoms with van der Waals surface area (Å²) in [5, 5.41) is 7.04. The number of anilines is 1. The van der Waals surface area contributed by atoms with Crippen molar-refractivity contribution in [2.75, 3.05) is 5.32 Å². The lowest BCUT2D eigenvalue weighted by atomic mass is 10.2. The first-order valence-electron chi connectivity index (χ1n) is 6.10. The van der Waals surface area contributed by atoms with Crippen molar-refractivity contribution < 1.29 is 0 Å². The summed E-state index contributed by atoms with van der Waals surface area (Å²) >= 11 is 11.1. The van der Waals surface area contributed by atoms with Crippen molar-refractivity contribution in [1.82, 2.24) is 5.32 Å². The molecule has 0 fully saturated rings. The first-order chi connectivity index (χ1) is 9.54. The van der Waals surface area contributed by atoms with Gasteiger partial charge in [-0.15, -0.1) is 0 Å². The number of thiocarbonyl (C=S) groups is 1. The van der Waals surface area contributed by atoms with Crippen LogP contribution in [0.1, 0.15) is 11.1 Å². The summed E-state index contributed by atoms with van der Waals surface area (Å²) in [5.41, 5.74) is 3.38. The minimum atomic E-state index is 0.630.